The van der Waals surface area contributed by atoms with Crippen LogP contribution in [0.5, 0.6) is 5.75 Å². The minimum atomic E-state index is -0.297. The van der Waals surface area contributed by atoms with Crippen molar-refractivity contribution in [2.75, 3.05) is 30.4 Å². The van der Waals surface area contributed by atoms with Gasteiger partial charge in [0.25, 0.3) is 0 Å². The monoisotopic (exact) mass is 536 g/mol. The molecule has 1 aliphatic rings. The molecule has 1 aromatic heterocycles. The number of ether oxygens (including phenoxy) is 1. The lowest BCUT2D eigenvalue weighted by Crippen LogP contribution is -2.29. The number of halogens is 1. The summed E-state index contributed by atoms with van der Waals surface area (Å²) in [6, 6.07) is 20.4. The first-order valence-electron chi connectivity index (χ1n) is 13.6. The Kier molecular flexibility index (Phi) is 8.50. The molecular weight excluding hydrogens is 503 g/mol. The van der Waals surface area contributed by atoms with Crippen molar-refractivity contribution in [2.24, 2.45) is 0 Å². The number of nitrogens with one attached hydrogen (secondary N) is 1. The van der Waals surface area contributed by atoms with Crippen molar-refractivity contribution >= 4 is 23.1 Å². The zero-order valence-electron chi connectivity index (χ0n) is 22.7. The number of hydrogen-bond acceptors (Lipinski definition) is 6. The first kappa shape index (κ1) is 27.1. The molecule has 0 saturated carbocycles. The van der Waals surface area contributed by atoms with E-state index in [4.69, 9.17) is 9.72 Å². The number of rotatable bonds is 10. The lowest BCUT2D eigenvalue weighted by molar-refractivity contribution is -0.114. The smallest absolute Gasteiger partial charge is 0.227 e. The highest BCUT2D eigenvalue weighted by molar-refractivity contribution is 5.91. The topological polar surface area (TPSA) is 67.3 Å². The molecule has 204 valence electrons. The molecule has 0 atom stereocenters. The number of allylic oxidation sites excluding steroid dienone is 1. The van der Waals surface area contributed by atoms with Gasteiger partial charge in [-0.3, -0.25) is 4.79 Å². The summed E-state index contributed by atoms with van der Waals surface area (Å²) in [6.07, 6.45) is 7.43. The molecule has 0 bridgehead atoms. The first-order chi connectivity index (χ1) is 19.5. The molecule has 7 heteroatoms. The Morgan fingerprint density at radius 1 is 1.05 bits per heavy atom. The fourth-order valence-corrected chi connectivity index (χ4v) is 5.08. The van der Waals surface area contributed by atoms with Crippen LogP contribution in [0.15, 0.2) is 85.6 Å². The fraction of sp³-hybridized carbons (Fsp3) is 0.242. The van der Waals surface area contributed by atoms with Crippen molar-refractivity contribution in [3.63, 3.8) is 0 Å². The normalized spacial score (nSPS) is 13.1. The van der Waals surface area contributed by atoms with E-state index in [1.165, 1.54) is 43.2 Å². The summed E-state index contributed by atoms with van der Waals surface area (Å²) in [6.45, 7) is 5.71. The van der Waals surface area contributed by atoms with Crippen LogP contribution in [0.2, 0.25) is 0 Å². The van der Waals surface area contributed by atoms with Crippen LogP contribution in [0.25, 0.3) is 11.3 Å². The molecule has 0 spiro atoms. The minimum Gasteiger partial charge on any atom is -0.496 e. The van der Waals surface area contributed by atoms with Gasteiger partial charge in [-0.1, -0.05) is 30.8 Å². The van der Waals surface area contributed by atoms with Crippen LogP contribution < -0.4 is 15.0 Å². The second kappa shape index (κ2) is 12.6. The van der Waals surface area contributed by atoms with Crippen LogP contribution in [0, 0.1) is 5.82 Å². The molecular formula is C33H33FN4O2. The molecule has 40 heavy (non-hydrogen) atoms. The van der Waals surface area contributed by atoms with Crippen molar-refractivity contribution in [1.82, 2.24) is 9.97 Å². The standard InChI is InChI=1S/C33H33FN4O2/c1-3-29(39)19-24-13-14-31(40-2)30(20-24)32-25(17-23-9-7-10-26(34)18-23)22-35-33(37-32)36-27-11-8-12-28(21-27)38-15-5-4-6-16-38/h3,7-14,18,20-22H,1,4-6,15-17,19H2,2H3,(H,35,36,37). The van der Waals surface area contributed by atoms with Crippen molar-refractivity contribution in [1.29, 1.82) is 0 Å². The number of carbonyl (C=O) groups is 1. The number of carbonyl (C=O) groups excluding carboxylic acids is 1. The van der Waals surface area contributed by atoms with E-state index < -0.39 is 0 Å². The highest BCUT2D eigenvalue weighted by Crippen LogP contribution is 2.34. The van der Waals surface area contributed by atoms with E-state index in [1.54, 1.807) is 19.4 Å². The average Bonchev–Trinajstić information content (AvgIpc) is 2.98. The highest BCUT2D eigenvalue weighted by atomic mass is 19.1. The third-order valence-electron chi connectivity index (χ3n) is 7.10. The SMILES string of the molecule is C=CC(=O)Cc1ccc(OC)c(-c2nc(Nc3cccc(N4CCCCC4)c3)ncc2Cc2cccc(F)c2)c1. The van der Waals surface area contributed by atoms with Gasteiger partial charge in [0, 0.05) is 54.6 Å². The number of benzene rings is 3. The zero-order valence-corrected chi connectivity index (χ0v) is 22.7. The molecule has 0 amide bonds. The van der Waals surface area contributed by atoms with Crippen molar-refractivity contribution in [3.8, 4) is 17.0 Å². The third-order valence-corrected chi connectivity index (χ3v) is 7.10. The highest BCUT2D eigenvalue weighted by Gasteiger charge is 2.17. The van der Waals surface area contributed by atoms with Crippen LogP contribution in [-0.4, -0.2) is 36.0 Å². The number of hydrogen-bond donors (Lipinski definition) is 1. The summed E-state index contributed by atoms with van der Waals surface area (Å²) < 4.78 is 19.7. The second-order valence-corrected chi connectivity index (χ2v) is 9.98. The van der Waals surface area contributed by atoms with Gasteiger partial charge in [-0.25, -0.2) is 14.4 Å². The quantitative estimate of drug-likeness (QED) is 0.222. The molecule has 0 radical (unpaired) electrons. The average molecular weight is 537 g/mol. The van der Waals surface area contributed by atoms with E-state index in [9.17, 15) is 9.18 Å². The summed E-state index contributed by atoms with van der Waals surface area (Å²) in [5.74, 6) is 0.680. The van der Waals surface area contributed by atoms with Crippen molar-refractivity contribution < 1.29 is 13.9 Å². The Morgan fingerprint density at radius 3 is 2.65 bits per heavy atom. The van der Waals surface area contributed by atoms with Crippen molar-refractivity contribution in [2.45, 2.75) is 32.1 Å². The van der Waals surface area contributed by atoms with Gasteiger partial charge in [0.15, 0.2) is 5.78 Å². The van der Waals surface area contributed by atoms with Gasteiger partial charge in [0.2, 0.25) is 5.95 Å². The maximum atomic E-state index is 14.0. The Labute approximate surface area is 234 Å². The summed E-state index contributed by atoms with van der Waals surface area (Å²) in [5.41, 5.74) is 5.88. The number of anilines is 3. The Bertz CT molecular complexity index is 1510. The summed E-state index contributed by atoms with van der Waals surface area (Å²) in [4.78, 5) is 24.1. The van der Waals surface area contributed by atoms with Gasteiger partial charge in [0.1, 0.15) is 11.6 Å². The molecule has 1 aliphatic heterocycles. The van der Waals surface area contributed by atoms with Crippen molar-refractivity contribution in [3.05, 3.63) is 108 Å². The molecule has 4 aromatic rings. The zero-order chi connectivity index (χ0) is 27.9. The number of ketones is 1. The minimum absolute atomic E-state index is 0.0743. The second-order valence-electron chi connectivity index (χ2n) is 9.98. The predicted molar refractivity (Wildman–Crippen MR) is 158 cm³/mol. The Hall–Kier alpha value is -4.52. The molecule has 3 aromatic carbocycles. The molecule has 1 N–H and O–H groups in total. The first-order valence-corrected chi connectivity index (χ1v) is 13.6. The van der Waals surface area contributed by atoms with Crippen LogP contribution in [-0.2, 0) is 17.6 Å². The van der Waals surface area contributed by atoms with Gasteiger partial charge in [-0.2, -0.15) is 0 Å². The lowest BCUT2D eigenvalue weighted by Gasteiger charge is -2.29. The van der Waals surface area contributed by atoms with E-state index >= 15 is 0 Å². The van der Waals surface area contributed by atoms with Gasteiger partial charge in [-0.15, -0.1) is 0 Å². The summed E-state index contributed by atoms with van der Waals surface area (Å²) >= 11 is 0. The van der Waals surface area contributed by atoms with E-state index in [-0.39, 0.29) is 18.0 Å². The van der Waals surface area contributed by atoms with Gasteiger partial charge < -0.3 is 15.0 Å². The number of nitrogens with zero attached hydrogens (tertiary/aromatic N) is 3. The van der Waals surface area contributed by atoms with Crippen LogP contribution >= 0.6 is 0 Å². The maximum absolute atomic E-state index is 14.0. The van der Waals surface area contributed by atoms with Gasteiger partial charge in [0.05, 0.1) is 12.8 Å². The molecule has 0 aliphatic carbocycles. The molecule has 1 saturated heterocycles. The third kappa shape index (κ3) is 6.54. The number of piperidine rings is 1. The van der Waals surface area contributed by atoms with Crippen LogP contribution in [0.3, 0.4) is 0 Å². The molecule has 6 nitrogen and oxygen atoms in total. The van der Waals surface area contributed by atoms with Gasteiger partial charge >= 0.3 is 0 Å². The van der Waals surface area contributed by atoms with Crippen LogP contribution in [0.4, 0.5) is 21.7 Å². The predicted octanol–water partition coefficient (Wildman–Crippen LogP) is 6.91. The van der Waals surface area contributed by atoms with E-state index in [0.717, 1.165) is 41.0 Å². The maximum Gasteiger partial charge on any atom is 0.227 e. The Morgan fingerprint density at radius 2 is 1.88 bits per heavy atom. The molecule has 5 rings (SSSR count). The fourth-order valence-electron chi connectivity index (χ4n) is 5.08. The van der Waals surface area contributed by atoms with E-state index in [1.807, 2.05) is 36.4 Å². The number of aromatic nitrogens is 2. The lowest BCUT2D eigenvalue weighted by atomic mass is 9.97. The Balaban J connectivity index is 1.53. The summed E-state index contributed by atoms with van der Waals surface area (Å²) in [5, 5.41) is 3.37. The largest absolute Gasteiger partial charge is 0.496 e. The molecule has 0 unspecified atom stereocenters. The summed E-state index contributed by atoms with van der Waals surface area (Å²) in [7, 11) is 1.60. The van der Waals surface area contributed by atoms with Crippen LogP contribution in [0.1, 0.15) is 36.0 Å². The van der Waals surface area contributed by atoms with E-state index in [2.05, 4.69) is 33.9 Å². The molecule has 2 heterocycles. The number of methoxy groups -OCH3 is 1. The van der Waals surface area contributed by atoms with E-state index in [0.29, 0.717) is 23.8 Å². The van der Waals surface area contributed by atoms with Gasteiger partial charge in [-0.05, 0) is 78.9 Å². The molecule has 1 fully saturated rings.